The Kier molecular flexibility index (Phi) is 5.33. The maximum Gasteiger partial charge on any atom is 0.243 e. The van der Waals surface area contributed by atoms with E-state index in [4.69, 9.17) is 4.74 Å². The first-order chi connectivity index (χ1) is 16.7. The van der Waals surface area contributed by atoms with Crippen LogP contribution in [-0.4, -0.2) is 65.7 Å². The molecule has 7 heteroatoms. The van der Waals surface area contributed by atoms with Gasteiger partial charge >= 0.3 is 0 Å². The quantitative estimate of drug-likeness (QED) is 0.647. The van der Waals surface area contributed by atoms with Crippen LogP contribution in [-0.2, 0) is 21.3 Å². The third-order valence-electron chi connectivity index (χ3n) is 8.78. The first kappa shape index (κ1) is 23.4. The van der Waals surface area contributed by atoms with Crippen molar-refractivity contribution in [2.75, 3.05) is 19.6 Å². The van der Waals surface area contributed by atoms with Gasteiger partial charge in [0.25, 0.3) is 0 Å². The molecule has 0 radical (unpaired) electrons. The Hall–Kier alpha value is -2.03. The molecule has 3 aliphatic heterocycles. The number of aryl methyl sites for hydroxylation is 1. The zero-order valence-electron chi connectivity index (χ0n) is 20.5. The lowest BCUT2D eigenvalue weighted by atomic mass is 9.62. The van der Waals surface area contributed by atoms with E-state index in [1.807, 2.05) is 49.4 Å². The minimum Gasteiger partial charge on any atom is -0.389 e. The lowest BCUT2D eigenvalue weighted by Crippen LogP contribution is -2.58. The summed E-state index contributed by atoms with van der Waals surface area (Å²) in [6.07, 6.45) is 3.04. The highest BCUT2D eigenvalue weighted by Gasteiger charge is 2.75. The van der Waals surface area contributed by atoms with Crippen molar-refractivity contribution in [2.45, 2.75) is 55.6 Å². The summed E-state index contributed by atoms with van der Waals surface area (Å²) >= 11 is 0. The second-order valence-electron chi connectivity index (χ2n) is 11.1. The SMILES string of the molecule is Cc1ccc(S(=O)(=O)N2C[C@@]34CN(Cc5ccccc5)C[C@@H](O3)[C@@H]3[C@H]4[C@@]2(C(C)C)C=C[C@@H]3O)cc1. The Bertz CT molecular complexity index is 1250. The number of sulfonamides is 1. The van der Waals surface area contributed by atoms with Crippen molar-refractivity contribution in [3.8, 4) is 0 Å². The van der Waals surface area contributed by atoms with Gasteiger partial charge in [0.2, 0.25) is 10.0 Å². The molecule has 0 amide bonds. The van der Waals surface area contributed by atoms with E-state index in [0.29, 0.717) is 18.0 Å². The van der Waals surface area contributed by atoms with Gasteiger partial charge in [-0.1, -0.05) is 74.0 Å². The van der Waals surface area contributed by atoms with Crippen molar-refractivity contribution < 1.29 is 18.3 Å². The van der Waals surface area contributed by atoms with Gasteiger partial charge in [-0.2, -0.15) is 4.31 Å². The van der Waals surface area contributed by atoms with Crippen LogP contribution in [0.1, 0.15) is 25.0 Å². The number of likely N-dealkylation sites (tertiary alicyclic amines) is 1. The normalized spacial score (nSPS) is 36.6. The molecule has 0 saturated carbocycles. The van der Waals surface area contributed by atoms with E-state index in [9.17, 15) is 13.5 Å². The summed E-state index contributed by atoms with van der Waals surface area (Å²) in [6.45, 7) is 8.61. The van der Waals surface area contributed by atoms with Crippen LogP contribution in [0.4, 0.5) is 0 Å². The van der Waals surface area contributed by atoms with Gasteiger partial charge in [-0.3, -0.25) is 4.90 Å². The number of morpholine rings is 1. The van der Waals surface area contributed by atoms with Crippen molar-refractivity contribution in [2.24, 2.45) is 17.8 Å². The van der Waals surface area contributed by atoms with Gasteiger partial charge < -0.3 is 9.84 Å². The van der Waals surface area contributed by atoms with E-state index in [-0.39, 0.29) is 23.9 Å². The van der Waals surface area contributed by atoms with Crippen molar-refractivity contribution >= 4 is 10.0 Å². The molecule has 3 saturated heterocycles. The number of benzene rings is 2. The average molecular weight is 495 g/mol. The third-order valence-corrected chi connectivity index (χ3v) is 10.7. The Balaban J connectivity index is 1.45. The molecule has 6 atom stereocenters. The van der Waals surface area contributed by atoms with E-state index in [1.54, 1.807) is 16.4 Å². The summed E-state index contributed by atoms with van der Waals surface area (Å²) in [6, 6.07) is 17.5. The lowest BCUT2D eigenvalue weighted by molar-refractivity contribution is -0.118. The molecule has 0 unspecified atom stereocenters. The molecule has 4 aliphatic rings. The molecule has 186 valence electrons. The van der Waals surface area contributed by atoms with Gasteiger partial charge in [0.15, 0.2) is 0 Å². The maximum absolute atomic E-state index is 14.2. The number of ether oxygens (including phenoxy) is 1. The molecule has 1 N–H and O–H groups in total. The minimum absolute atomic E-state index is 0.0175. The van der Waals surface area contributed by atoms with Crippen LogP contribution in [0.5, 0.6) is 0 Å². The molecular weight excluding hydrogens is 460 g/mol. The Morgan fingerprint density at radius 3 is 2.49 bits per heavy atom. The highest BCUT2D eigenvalue weighted by molar-refractivity contribution is 7.89. The summed E-state index contributed by atoms with van der Waals surface area (Å²) in [5, 5.41) is 11.1. The monoisotopic (exact) mass is 494 g/mol. The minimum atomic E-state index is -3.79. The first-order valence-corrected chi connectivity index (χ1v) is 14.0. The second kappa shape index (κ2) is 7.98. The van der Waals surface area contributed by atoms with Crippen molar-refractivity contribution in [3.63, 3.8) is 0 Å². The highest BCUT2D eigenvalue weighted by atomic mass is 32.2. The van der Waals surface area contributed by atoms with Gasteiger partial charge in [0.05, 0.1) is 22.6 Å². The largest absolute Gasteiger partial charge is 0.389 e. The van der Waals surface area contributed by atoms with Gasteiger partial charge in [0, 0.05) is 38.0 Å². The zero-order valence-corrected chi connectivity index (χ0v) is 21.4. The smallest absolute Gasteiger partial charge is 0.243 e. The van der Waals surface area contributed by atoms with E-state index in [0.717, 1.165) is 18.7 Å². The van der Waals surface area contributed by atoms with Crippen LogP contribution < -0.4 is 0 Å². The Morgan fingerprint density at radius 1 is 1.09 bits per heavy atom. The fraction of sp³-hybridized carbons (Fsp3) is 0.500. The standard InChI is InChI=1S/C28H34N2O4S/c1-19(2)28-14-13-23(31)25-24-16-29(15-21-7-5-4-6-8-21)17-27(34-24,26(25)28)18-30(28)35(32,33)22-11-9-20(3)10-12-22/h4-14,19,23-26,31H,15-18H2,1-3H3/t23-,24+,25+,26+,27+,28-/m0/s1. The van der Waals surface area contributed by atoms with Crippen molar-refractivity contribution in [1.82, 2.24) is 9.21 Å². The molecule has 0 aromatic heterocycles. The van der Waals surface area contributed by atoms with E-state index >= 15 is 0 Å². The van der Waals surface area contributed by atoms with Crippen LogP contribution in [0.2, 0.25) is 0 Å². The summed E-state index contributed by atoms with van der Waals surface area (Å²) in [7, 11) is -3.79. The molecule has 2 bridgehead atoms. The fourth-order valence-corrected chi connectivity index (χ4v) is 9.30. The second-order valence-corrected chi connectivity index (χ2v) is 13.0. The van der Waals surface area contributed by atoms with Crippen LogP contribution in [0, 0.1) is 24.7 Å². The third kappa shape index (κ3) is 3.32. The van der Waals surface area contributed by atoms with E-state index in [1.165, 1.54) is 5.56 Å². The van der Waals surface area contributed by atoms with Crippen molar-refractivity contribution in [3.05, 3.63) is 77.9 Å². The molecule has 2 aromatic carbocycles. The summed E-state index contributed by atoms with van der Waals surface area (Å²) in [4.78, 5) is 2.70. The van der Waals surface area contributed by atoms with Crippen LogP contribution in [0.25, 0.3) is 0 Å². The molecular formula is C28H34N2O4S. The molecule has 2 aromatic rings. The zero-order chi connectivity index (χ0) is 24.6. The first-order valence-electron chi connectivity index (χ1n) is 12.6. The molecule has 35 heavy (non-hydrogen) atoms. The van der Waals surface area contributed by atoms with Crippen LogP contribution in [0.15, 0.2) is 71.6 Å². The maximum atomic E-state index is 14.2. The van der Waals surface area contributed by atoms with E-state index < -0.39 is 27.3 Å². The summed E-state index contributed by atoms with van der Waals surface area (Å²) < 4.78 is 36.8. The molecule has 3 fully saturated rings. The van der Waals surface area contributed by atoms with Gasteiger partial charge in [-0.25, -0.2) is 8.42 Å². The topological polar surface area (TPSA) is 70.1 Å². The van der Waals surface area contributed by atoms with Crippen LogP contribution >= 0.6 is 0 Å². The number of aliphatic hydroxyl groups is 1. The van der Waals surface area contributed by atoms with Crippen LogP contribution in [0.3, 0.4) is 0 Å². The summed E-state index contributed by atoms with van der Waals surface area (Å²) in [5.74, 6) is -0.230. The molecule has 6 nitrogen and oxygen atoms in total. The van der Waals surface area contributed by atoms with Gasteiger partial charge in [-0.15, -0.1) is 0 Å². The van der Waals surface area contributed by atoms with Gasteiger partial charge in [0.1, 0.15) is 5.60 Å². The number of hydrogen-bond acceptors (Lipinski definition) is 5. The fourth-order valence-electron chi connectivity index (χ4n) is 7.38. The number of fused-ring (bicyclic) bond motifs is 2. The van der Waals surface area contributed by atoms with Gasteiger partial charge in [-0.05, 0) is 30.5 Å². The molecule has 1 aliphatic carbocycles. The predicted octanol–water partition coefficient (Wildman–Crippen LogP) is 3.21. The van der Waals surface area contributed by atoms with Crippen molar-refractivity contribution in [1.29, 1.82) is 0 Å². The Labute approximate surface area is 208 Å². The summed E-state index contributed by atoms with van der Waals surface area (Å²) in [5.41, 5.74) is 0.848. The number of rotatable bonds is 5. The molecule has 1 spiro atoms. The number of hydrogen-bond donors (Lipinski definition) is 1. The lowest BCUT2D eigenvalue weighted by Gasteiger charge is -2.47. The molecule has 3 heterocycles. The molecule has 6 rings (SSSR count). The average Bonchev–Trinajstić information content (AvgIpc) is 3.24. The van der Waals surface area contributed by atoms with E-state index in [2.05, 4.69) is 30.9 Å². The number of aliphatic hydroxyl groups excluding tert-OH is 1. The highest BCUT2D eigenvalue weighted by Crippen LogP contribution is 2.62. The number of nitrogens with zero attached hydrogens (tertiary/aromatic N) is 2. The Morgan fingerprint density at radius 2 is 1.80 bits per heavy atom. The predicted molar refractivity (Wildman–Crippen MR) is 134 cm³/mol.